The van der Waals surface area contributed by atoms with Crippen molar-refractivity contribution < 1.29 is 13.2 Å². The Morgan fingerprint density at radius 3 is 2.67 bits per heavy atom. The lowest BCUT2D eigenvalue weighted by molar-refractivity contribution is 0.0699. The SMILES string of the molecule is CS(=O)(=O)NC1CCN(C(=O)c2ncn[nH]2)CC1. The van der Waals surface area contributed by atoms with Crippen molar-refractivity contribution in [3.8, 4) is 0 Å². The maximum atomic E-state index is 11.9. The van der Waals surface area contributed by atoms with Crippen LogP contribution < -0.4 is 4.72 Å². The van der Waals surface area contributed by atoms with Crippen molar-refractivity contribution >= 4 is 15.9 Å². The highest BCUT2D eigenvalue weighted by Gasteiger charge is 2.26. The van der Waals surface area contributed by atoms with Crippen LogP contribution in [0.5, 0.6) is 0 Å². The topological polar surface area (TPSA) is 108 Å². The van der Waals surface area contributed by atoms with Gasteiger partial charge in [-0.25, -0.2) is 18.1 Å². The van der Waals surface area contributed by atoms with Crippen LogP contribution in [0.2, 0.25) is 0 Å². The molecule has 1 fully saturated rings. The van der Waals surface area contributed by atoms with Gasteiger partial charge >= 0.3 is 0 Å². The molecular formula is C9H15N5O3S. The highest BCUT2D eigenvalue weighted by Crippen LogP contribution is 2.12. The first-order valence-electron chi connectivity index (χ1n) is 5.57. The Morgan fingerprint density at radius 1 is 1.50 bits per heavy atom. The monoisotopic (exact) mass is 273 g/mol. The van der Waals surface area contributed by atoms with Crippen molar-refractivity contribution in [2.45, 2.75) is 18.9 Å². The molecule has 0 unspecified atom stereocenters. The Bertz CT molecular complexity index is 504. The number of aromatic nitrogens is 3. The molecule has 0 atom stereocenters. The first-order valence-corrected chi connectivity index (χ1v) is 7.47. The van der Waals surface area contributed by atoms with Gasteiger partial charge in [0.1, 0.15) is 6.33 Å². The first kappa shape index (κ1) is 13.0. The predicted molar refractivity (Wildman–Crippen MR) is 63.3 cm³/mol. The van der Waals surface area contributed by atoms with Gasteiger partial charge < -0.3 is 4.90 Å². The minimum Gasteiger partial charge on any atom is -0.336 e. The van der Waals surface area contributed by atoms with E-state index in [9.17, 15) is 13.2 Å². The van der Waals surface area contributed by atoms with Gasteiger partial charge in [-0.05, 0) is 12.8 Å². The lowest BCUT2D eigenvalue weighted by Gasteiger charge is -2.31. The van der Waals surface area contributed by atoms with Crippen molar-refractivity contribution in [1.29, 1.82) is 0 Å². The summed E-state index contributed by atoms with van der Waals surface area (Å²) in [6.45, 7) is 1.01. The quantitative estimate of drug-likeness (QED) is 0.731. The number of hydrogen-bond acceptors (Lipinski definition) is 5. The zero-order valence-electron chi connectivity index (χ0n) is 9.96. The maximum Gasteiger partial charge on any atom is 0.291 e. The average molecular weight is 273 g/mol. The number of likely N-dealkylation sites (tertiary alicyclic amines) is 1. The number of carbonyl (C=O) groups excluding carboxylic acids is 1. The molecule has 2 rings (SSSR count). The van der Waals surface area contributed by atoms with Crippen LogP contribution in [-0.2, 0) is 10.0 Å². The minimum absolute atomic E-state index is 0.0984. The van der Waals surface area contributed by atoms with Gasteiger partial charge in [0.25, 0.3) is 5.91 Å². The normalized spacial score (nSPS) is 17.9. The van der Waals surface area contributed by atoms with Crippen LogP contribution in [0.3, 0.4) is 0 Å². The molecule has 2 N–H and O–H groups in total. The van der Waals surface area contributed by atoms with E-state index in [4.69, 9.17) is 0 Å². The van der Waals surface area contributed by atoms with E-state index in [1.54, 1.807) is 4.90 Å². The minimum atomic E-state index is -3.19. The third kappa shape index (κ3) is 3.26. The summed E-state index contributed by atoms with van der Waals surface area (Å²) in [5.41, 5.74) is 0. The third-order valence-corrected chi connectivity index (χ3v) is 3.54. The van der Waals surface area contributed by atoms with Crippen molar-refractivity contribution in [1.82, 2.24) is 24.8 Å². The van der Waals surface area contributed by atoms with Gasteiger partial charge in [0, 0.05) is 19.1 Å². The summed E-state index contributed by atoms with van der Waals surface area (Å²) in [4.78, 5) is 17.3. The molecule has 8 nitrogen and oxygen atoms in total. The molecule has 1 aromatic rings. The summed E-state index contributed by atoms with van der Waals surface area (Å²) in [6.07, 6.45) is 3.63. The zero-order valence-corrected chi connectivity index (χ0v) is 10.8. The number of sulfonamides is 1. The predicted octanol–water partition coefficient (Wildman–Crippen LogP) is -1.04. The molecule has 0 radical (unpaired) electrons. The summed E-state index contributed by atoms with van der Waals surface area (Å²) < 4.78 is 24.7. The van der Waals surface area contributed by atoms with E-state index < -0.39 is 10.0 Å². The van der Waals surface area contributed by atoms with Crippen LogP contribution in [-0.4, -0.2) is 59.8 Å². The van der Waals surface area contributed by atoms with Crippen LogP contribution in [0.15, 0.2) is 6.33 Å². The number of aromatic amines is 1. The second kappa shape index (κ2) is 5.02. The standard InChI is InChI=1S/C9H15N5O3S/c1-18(16,17)13-7-2-4-14(5-3-7)9(15)8-10-6-11-12-8/h6-7,13H,2-5H2,1H3,(H,10,11,12). The van der Waals surface area contributed by atoms with Crippen LogP contribution in [0.1, 0.15) is 23.5 Å². The molecule has 2 heterocycles. The van der Waals surface area contributed by atoms with Crippen LogP contribution in [0.4, 0.5) is 0 Å². The van der Waals surface area contributed by atoms with E-state index in [2.05, 4.69) is 19.9 Å². The van der Waals surface area contributed by atoms with E-state index in [-0.39, 0.29) is 17.8 Å². The Balaban J connectivity index is 1.89. The largest absolute Gasteiger partial charge is 0.336 e. The molecule has 1 amide bonds. The van der Waals surface area contributed by atoms with E-state index in [0.717, 1.165) is 6.26 Å². The molecule has 18 heavy (non-hydrogen) atoms. The fraction of sp³-hybridized carbons (Fsp3) is 0.667. The molecule has 0 saturated carbocycles. The Labute approximate surface area is 105 Å². The summed E-state index contributed by atoms with van der Waals surface area (Å²) >= 11 is 0. The number of carbonyl (C=O) groups is 1. The molecular weight excluding hydrogens is 258 g/mol. The molecule has 100 valence electrons. The van der Waals surface area contributed by atoms with E-state index in [0.29, 0.717) is 25.9 Å². The van der Waals surface area contributed by atoms with E-state index >= 15 is 0 Å². The number of piperidine rings is 1. The summed E-state index contributed by atoms with van der Waals surface area (Å²) in [5, 5.41) is 6.15. The van der Waals surface area contributed by atoms with Crippen molar-refractivity contribution in [3.05, 3.63) is 12.2 Å². The van der Waals surface area contributed by atoms with Gasteiger partial charge in [0.05, 0.1) is 6.26 Å². The van der Waals surface area contributed by atoms with E-state index in [1.165, 1.54) is 6.33 Å². The highest BCUT2D eigenvalue weighted by atomic mass is 32.2. The molecule has 9 heteroatoms. The molecule has 0 aromatic carbocycles. The van der Waals surface area contributed by atoms with Crippen molar-refractivity contribution in [2.75, 3.05) is 19.3 Å². The smallest absolute Gasteiger partial charge is 0.291 e. The molecule has 0 bridgehead atoms. The molecule has 1 saturated heterocycles. The number of rotatable bonds is 3. The molecule has 0 aliphatic carbocycles. The number of H-pyrrole nitrogens is 1. The second-order valence-corrected chi connectivity index (χ2v) is 6.07. The van der Waals surface area contributed by atoms with Gasteiger partial charge in [-0.15, -0.1) is 0 Å². The first-order chi connectivity index (χ1) is 8.46. The number of hydrogen-bond donors (Lipinski definition) is 2. The summed E-state index contributed by atoms with van der Waals surface area (Å²) in [7, 11) is -3.19. The average Bonchev–Trinajstić information content (AvgIpc) is 2.80. The van der Waals surface area contributed by atoms with Crippen LogP contribution >= 0.6 is 0 Å². The van der Waals surface area contributed by atoms with Gasteiger partial charge in [-0.1, -0.05) is 0 Å². The number of nitrogens with one attached hydrogen (secondary N) is 2. The second-order valence-electron chi connectivity index (χ2n) is 4.29. The van der Waals surface area contributed by atoms with Crippen LogP contribution in [0, 0.1) is 0 Å². The maximum absolute atomic E-state index is 11.9. The Kier molecular flexibility index (Phi) is 3.62. The number of amides is 1. The molecule has 1 aromatic heterocycles. The molecule has 1 aliphatic heterocycles. The zero-order chi connectivity index (χ0) is 13.2. The lowest BCUT2D eigenvalue weighted by atomic mass is 10.1. The van der Waals surface area contributed by atoms with Crippen molar-refractivity contribution in [2.24, 2.45) is 0 Å². The van der Waals surface area contributed by atoms with Gasteiger partial charge in [-0.2, -0.15) is 5.10 Å². The molecule has 0 spiro atoms. The number of nitrogens with zero attached hydrogens (tertiary/aromatic N) is 3. The lowest BCUT2D eigenvalue weighted by Crippen LogP contribution is -2.46. The Morgan fingerprint density at radius 2 is 2.17 bits per heavy atom. The summed E-state index contributed by atoms with van der Waals surface area (Å²) in [5.74, 6) is 0.00910. The van der Waals surface area contributed by atoms with Gasteiger partial charge in [0.2, 0.25) is 15.8 Å². The summed E-state index contributed by atoms with van der Waals surface area (Å²) in [6, 6.07) is -0.0984. The van der Waals surface area contributed by atoms with Gasteiger partial charge in [-0.3, -0.25) is 9.89 Å². The third-order valence-electron chi connectivity index (χ3n) is 2.78. The molecule has 1 aliphatic rings. The van der Waals surface area contributed by atoms with Crippen LogP contribution in [0.25, 0.3) is 0 Å². The Hall–Kier alpha value is -1.48. The highest BCUT2D eigenvalue weighted by molar-refractivity contribution is 7.88. The fourth-order valence-corrected chi connectivity index (χ4v) is 2.80. The fourth-order valence-electron chi connectivity index (χ4n) is 1.96. The van der Waals surface area contributed by atoms with Crippen molar-refractivity contribution in [3.63, 3.8) is 0 Å². The van der Waals surface area contributed by atoms with Gasteiger partial charge in [0.15, 0.2) is 0 Å². The van der Waals surface area contributed by atoms with E-state index in [1.807, 2.05) is 0 Å².